The first kappa shape index (κ1) is 16.2. The standard InChI is InChI=1S/C17H29NO/c1-5-7-8-11-19-13-17(18-6-2)16-12-14(3)9-10-15(16)4/h9-10,12,17-18H,5-8,11,13H2,1-4H3. The second kappa shape index (κ2) is 9.11. The highest BCUT2D eigenvalue weighted by atomic mass is 16.5. The van der Waals surface area contributed by atoms with Gasteiger partial charge in [-0.2, -0.15) is 0 Å². The van der Waals surface area contributed by atoms with Crippen LogP contribution in [0.4, 0.5) is 0 Å². The fourth-order valence-corrected chi connectivity index (χ4v) is 2.30. The van der Waals surface area contributed by atoms with Gasteiger partial charge in [-0.3, -0.25) is 0 Å². The van der Waals surface area contributed by atoms with Crippen molar-refractivity contribution in [3.8, 4) is 0 Å². The van der Waals surface area contributed by atoms with E-state index in [9.17, 15) is 0 Å². The number of nitrogens with one attached hydrogen (secondary N) is 1. The van der Waals surface area contributed by atoms with Gasteiger partial charge in [-0.15, -0.1) is 0 Å². The van der Waals surface area contributed by atoms with E-state index in [-0.39, 0.29) is 0 Å². The highest BCUT2D eigenvalue weighted by molar-refractivity contribution is 5.33. The van der Waals surface area contributed by atoms with E-state index in [0.29, 0.717) is 6.04 Å². The fourth-order valence-electron chi connectivity index (χ4n) is 2.30. The summed E-state index contributed by atoms with van der Waals surface area (Å²) in [5, 5.41) is 3.53. The van der Waals surface area contributed by atoms with Crippen LogP contribution in [-0.4, -0.2) is 19.8 Å². The summed E-state index contributed by atoms with van der Waals surface area (Å²) in [5.41, 5.74) is 4.03. The average Bonchev–Trinajstić information content (AvgIpc) is 2.40. The van der Waals surface area contributed by atoms with Crippen molar-refractivity contribution in [3.63, 3.8) is 0 Å². The molecule has 0 saturated heterocycles. The topological polar surface area (TPSA) is 21.3 Å². The molecular weight excluding hydrogens is 234 g/mol. The van der Waals surface area contributed by atoms with Crippen molar-refractivity contribution in [2.45, 2.75) is 53.0 Å². The molecule has 0 bridgehead atoms. The predicted octanol–water partition coefficient (Wildman–Crippen LogP) is 4.16. The van der Waals surface area contributed by atoms with Gasteiger partial charge in [0.25, 0.3) is 0 Å². The third kappa shape index (κ3) is 5.75. The lowest BCUT2D eigenvalue weighted by Gasteiger charge is -2.21. The second-order valence-electron chi connectivity index (χ2n) is 5.25. The van der Waals surface area contributed by atoms with E-state index in [1.807, 2.05) is 0 Å². The Morgan fingerprint density at radius 1 is 1.16 bits per heavy atom. The molecule has 1 aromatic rings. The Balaban J connectivity index is 2.58. The predicted molar refractivity (Wildman–Crippen MR) is 82.7 cm³/mol. The maximum absolute atomic E-state index is 5.84. The Labute approximate surface area is 118 Å². The van der Waals surface area contributed by atoms with Gasteiger partial charge in [-0.05, 0) is 37.9 Å². The van der Waals surface area contributed by atoms with Crippen LogP contribution in [0.3, 0.4) is 0 Å². The molecule has 2 heteroatoms. The van der Waals surface area contributed by atoms with Crippen LogP contribution in [0.1, 0.15) is 55.8 Å². The summed E-state index contributed by atoms with van der Waals surface area (Å²) >= 11 is 0. The summed E-state index contributed by atoms with van der Waals surface area (Å²) in [6.07, 6.45) is 3.68. The molecule has 19 heavy (non-hydrogen) atoms. The molecule has 0 heterocycles. The third-order valence-electron chi connectivity index (χ3n) is 3.44. The maximum Gasteiger partial charge on any atom is 0.0661 e. The van der Waals surface area contributed by atoms with E-state index >= 15 is 0 Å². The molecule has 1 N–H and O–H groups in total. The summed E-state index contributed by atoms with van der Waals surface area (Å²) in [4.78, 5) is 0. The molecule has 0 aliphatic carbocycles. The average molecular weight is 263 g/mol. The van der Waals surface area contributed by atoms with Crippen LogP contribution in [0.5, 0.6) is 0 Å². The zero-order valence-electron chi connectivity index (χ0n) is 13.0. The van der Waals surface area contributed by atoms with Gasteiger partial charge in [0.15, 0.2) is 0 Å². The molecule has 0 spiro atoms. The number of rotatable bonds is 9. The van der Waals surface area contributed by atoms with Crippen molar-refractivity contribution in [1.29, 1.82) is 0 Å². The van der Waals surface area contributed by atoms with Gasteiger partial charge in [-0.1, -0.05) is 50.5 Å². The quantitative estimate of drug-likeness (QED) is 0.675. The Morgan fingerprint density at radius 3 is 2.63 bits per heavy atom. The normalized spacial score (nSPS) is 12.6. The minimum Gasteiger partial charge on any atom is -0.379 e. The van der Waals surface area contributed by atoms with Crippen molar-refractivity contribution in [2.24, 2.45) is 0 Å². The molecule has 0 radical (unpaired) electrons. The molecule has 0 aliphatic heterocycles. The lowest BCUT2D eigenvalue weighted by Crippen LogP contribution is -2.26. The Kier molecular flexibility index (Phi) is 7.76. The smallest absolute Gasteiger partial charge is 0.0661 e. The summed E-state index contributed by atoms with van der Waals surface area (Å²) in [5.74, 6) is 0. The Hall–Kier alpha value is -0.860. The molecule has 0 aromatic heterocycles. The van der Waals surface area contributed by atoms with Crippen molar-refractivity contribution in [3.05, 3.63) is 34.9 Å². The zero-order chi connectivity index (χ0) is 14.1. The SMILES string of the molecule is CCCCCOCC(NCC)c1cc(C)ccc1C. The van der Waals surface area contributed by atoms with Gasteiger partial charge < -0.3 is 10.1 Å². The lowest BCUT2D eigenvalue weighted by atomic mass is 9.99. The number of likely N-dealkylation sites (N-methyl/N-ethyl adjacent to an activating group) is 1. The molecular formula is C17H29NO. The van der Waals surface area contributed by atoms with E-state index in [0.717, 1.165) is 19.8 Å². The van der Waals surface area contributed by atoms with E-state index in [4.69, 9.17) is 4.74 Å². The second-order valence-corrected chi connectivity index (χ2v) is 5.25. The zero-order valence-corrected chi connectivity index (χ0v) is 13.0. The summed E-state index contributed by atoms with van der Waals surface area (Å²) in [6, 6.07) is 6.96. The molecule has 108 valence electrons. The van der Waals surface area contributed by atoms with Crippen LogP contribution in [0.25, 0.3) is 0 Å². The van der Waals surface area contributed by atoms with E-state index < -0.39 is 0 Å². The van der Waals surface area contributed by atoms with Gasteiger partial charge in [0.2, 0.25) is 0 Å². The highest BCUT2D eigenvalue weighted by Gasteiger charge is 2.13. The molecule has 1 atom stereocenters. The number of ether oxygens (including phenoxy) is 1. The van der Waals surface area contributed by atoms with Gasteiger partial charge in [0, 0.05) is 6.61 Å². The number of aryl methyl sites for hydroxylation is 2. The van der Waals surface area contributed by atoms with Crippen LogP contribution in [0, 0.1) is 13.8 Å². The highest BCUT2D eigenvalue weighted by Crippen LogP contribution is 2.19. The van der Waals surface area contributed by atoms with Crippen LogP contribution in [0.2, 0.25) is 0 Å². The first-order chi connectivity index (χ1) is 9.19. The third-order valence-corrected chi connectivity index (χ3v) is 3.44. The molecule has 1 aromatic carbocycles. The number of hydrogen-bond acceptors (Lipinski definition) is 2. The van der Waals surface area contributed by atoms with Gasteiger partial charge in [0.05, 0.1) is 12.6 Å². The summed E-state index contributed by atoms with van der Waals surface area (Å²) < 4.78 is 5.84. The number of hydrogen-bond donors (Lipinski definition) is 1. The number of benzene rings is 1. The van der Waals surface area contributed by atoms with Crippen LogP contribution in [-0.2, 0) is 4.74 Å². The lowest BCUT2D eigenvalue weighted by molar-refractivity contribution is 0.108. The molecule has 0 saturated carbocycles. The summed E-state index contributed by atoms with van der Waals surface area (Å²) in [6.45, 7) is 11.3. The van der Waals surface area contributed by atoms with Crippen molar-refractivity contribution in [2.75, 3.05) is 19.8 Å². The van der Waals surface area contributed by atoms with Crippen LogP contribution < -0.4 is 5.32 Å². The van der Waals surface area contributed by atoms with E-state index in [1.165, 1.54) is 36.0 Å². The fraction of sp³-hybridized carbons (Fsp3) is 0.647. The molecule has 0 fully saturated rings. The monoisotopic (exact) mass is 263 g/mol. The molecule has 0 amide bonds. The van der Waals surface area contributed by atoms with Gasteiger partial charge in [0.1, 0.15) is 0 Å². The Morgan fingerprint density at radius 2 is 1.95 bits per heavy atom. The molecule has 1 rings (SSSR count). The largest absolute Gasteiger partial charge is 0.379 e. The van der Waals surface area contributed by atoms with Crippen molar-refractivity contribution >= 4 is 0 Å². The van der Waals surface area contributed by atoms with Crippen molar-refractivity contribution in [1.82, 2.24) is 5.32 Å². The minimum atomic E-state index is 0.312. The molecule has 1 unspecified atom stereocenters. The molecule has 0 aliphatic rings. The molecule has 2 nitrogen and oxygen atoms in total. The summed E-state index contributed by atoms with van der Waals surface area (Å²) in [7, 11) is 0. The van der Waals surface area contributed by atoms with Crippen LogP contribution in [0.15, 0.2) is 18.2 Å². The van der Waals surface area contributed by atoms with E-state index in [1.54, 1.807) is 0 Å². The Bertz CT molecular complexity index is 362. The minimum absolute atomic E-state index is 0.312. The first-order valence-corrected chi connectivity index (χ1v) is 7.57. The number of unbranched alkanes of at least 4 members (excludes halogenated alkanes) is 2. The van der Waals surface area contributed by atoms with Crippen molar-refractivity contribution < 1.29 is 4.74 Å². The van der Waals surface area contributed by atoms with E-state index in [2.05, 4.69) is 51.2 Å². The van der Waals surface area contributed by atoms with Crippen LogP contribution >= 0.6 is 0 Å². The first-order valence-electron chi connectivity index (χ1n) is 7.57. The van der Waals surface area contributed by atoms with Gasteiger partial charge in [-0.25, -0.2) is 0 Å². The maximum atomic E-state index is 5.84. The van der Waals surface area contributed by atoms with Gasteiger partial charge >= 0.3 is 0 Å².